The van der Waals surface area contributed by atoms with Gasteiger partial charge in [0.05, 0.1) is 0 Å². The van der Waals surface area contributed by atoms with Gasteiger partial charge in [-0.15, -0.1) is 0 Å². The lowest BCUT2D eigenvalue weighted by molar-refractivity contribution is -0.120. The van der Waals surface area contributed by atoms with E-state index in [0.29, 0.717) is 18.6 Å². The fourth-order valence-electron chi connectivity index (χ4n) is 6.86. The van der Waals surface area contributed by atoms with Crippen molar-refractivity contribution in [1.29, 1.82) is 0 Å². The summed E-state index contributed by atoms with van der Waals surface area (Å²) in [6.45, 7) is 15.4. The van der Waals surface area contributed by atoms with Gasteiger partial charge in [-0.2, -0.15) is 0 Å². The van der Waals surface area contributed by atoms with Crippen LogP contribution < -0.4 is 10.1 Å². The molecule has 1 heterocycles. The lowest BCUT2D eigenvalue weighted by Crippen LogP contribution is -2.44. The summed E-state index contributed by atoms with van der Waals surface area (Å²) in [6.07, 6.45) is 3.43. The van der Waals surface area contributed by atoms with Crippen LogP contribution in [0.4, 0.5) is 5.69 Å². The second kappa shape index (κ2) is 11.2. The van der Waals surface area contributed by atoms with Gasteiger partial charge in [0.25, 0.3) is 5.91 Å². The molecule has 2 aliphatic carbocycles. The highest BCUT2D eigenvalue weighted by atomic mass is 16.5. The van der Waals surface area contributed by atoms with Gasteiger partial charge in [-0.1, -0.05) is 58.9 Å². The molecular formula is C36H44N2O4. The van der Waals surface area contributed by atoms with Crippen LogP contribution in [-0.2, 0) is 14.4 Å². The van der Waals surface area contributed by atoms with Crippen LogP contribution in [0.15, 0.2) is 65.0 Å². The molecular weight excluding hydrogens is 524 g/mol. The number of nitrogens with zero attached hydrogens (tertiary/aromatic N) is 1. The van der Waals surface area contributed by atoms with E-state index in [-0.39, 0.29) is 34.9 Å². The number of hydrogen-bond donors (Lipinski definition) is 1. The molecule has 3 aliphatic rings. The Morgan fingerprint density at radius 3 is 2.12 bits per heavy atom. The number of carbonyl (C=O) groups excluding carboxylic acids is 3. The molecule has 1 N–H and O–H groups in total. The molecule has 2 aromatic rings. The number of amides is 1. The van der Waals surface area contributed by atoms with Gasteiger partial charge in [-0.05, 0) is 78.8 Å². The smallest absolute Gasteiger partial charge is 0.262 e. The zero-order valence-corrected chi connectivity index (χ0v) is 26.1. The van der Waals surface area contributed by atoms with Gasteiger partial charge in [-0.25, -0.2) is 0 Å². The van der Waals surface area contributed by atoms with E-state index in [9.17, 15) is 14.4 Å². The van der Waals surface area contributed by atoms with Gasteiger partial charge < -0.3 is 15.0 Å². The Bertz CT molecular complexity index is 1460. The summed E-state index contributed by atoms with van der Waals surface area (Å²) >= 11 is 0. The minimum Gasteiger partial charge on any atom is -0.484 e. The molecule has 0 aromatic heterocycles. The largest absolute Gasteiger partial charge is 0.484 e. The summed E-state index contributed by atoms with van der Waals surface area (Å²) in [5.74, 6) is 0.108. The highest BCUT2D eigenvalue weighted by Crippen LogP contribution is 2.54. The molecule has 0 unspecified atom stereocenters. The first kappa shape index (κ1) is 29.8. The van der Waals surface area contributed by atoms with Crippen LogP contribution in [0.5, 0.6) is 5.75 Å². The van der Waals surface area contributed by atoms with E-state index in [1.54, 1.807) is 0 Å². The number of carbonyl (C=O) groups is 3. The van der Waals surface area contributed by atoms with E-state index >= 15 is 0 Å². The molecule has 1 aliphatic heterocycles. The Kier molecular flexibility index (Phi) is 7.95. The standard InChI is InChI=1S/C36H44N2O4/c1-8-14-38-27-17-35(4,5)19-29(39)33(27)32(34-28(38)18-36(6,7)20-30(34)40)24-10-9-11-25(16-24)42-21-31(41)37-26-15-22(2)12-13-23(26)3/h9-13,15-16,32H,8,14,17-21H2,1-7H3,(H,37,41). The van der Waals surface area contributed by atoms with E-state index in [1.807, 2.05) is 56.3 Å². The highest BCUT2D eigenvalue weighted by Gasteiger charge is 2.48. The van der Waals surface area contributed by atoms with Crippen molar-refractivity contribution in [3.05, 3.63) is 81.7 Å². The number of hydrogen-bond acceptors (Lipinski definition) is 5. The van der Waals surface area contributed by atoms with Crippen molar-refractivity contribution in [2.75, 3.05) is 18.5 Å². The maximum absolute atomic E-state index is 13.9. The van der Waals surface area contributed by atoms with E-state index in [1.165, 1.54) is 0 Å². The molecule has 2 aromatic carbocycles. The number of ether oxygens (including phenoxy) is 1. The Morgan fingerprint density at radius 1 is 0.905 bits per heavy atom. The maximum Gasteiger partial charge on any atom is 0.262 e. The van der Waals surface area contributed by atoms with Crippen molar-refractivity contribution in [2.24, 2.45) is 10.8 Å². The summed E-state index contributed by atoms with van der Waals surface area (Å²) in [7, 11) is 0. The summed E-state index contributed by atoms with van der Waals surface area (Å²) < 4.78 is 5.97. The van der Waals surface area contributed by atoms with Gasteiger partial charge in [-0.3, -0.25) is 14.4 Å². The first-order valence-electron chi connectivity index (χ1n) is 15.2. The number of Topliss-reactive ketones (excluding diaryl/α,β-unsaturated/α-hetero) is 2. The Labute approximate surface area is 250 Å². The molecule has 6 heteroatoms. The van der Waals surface area contributed by atoms with Gasteiger partial charge in [0.15, 0.2) is 18.2 Å². The molecule has 6 nitrogen and oxygen atoms in total. The zero-order chi connectivity index (χ0) is 30.4. The van der Waals surface area contributed by atoms with E-state index in [2.05, 4.69) is 44.8 Å². The molecule has 0 atom stereocenters. The third kappa shape index (κ3) is 5.95. The molecule has 1 amide bonds. The predicted octanol–water partition coefficient (Wildman–Crippen LogP) is 7.42. The SMILES string of the molecule is CCCN1C2=C(C(=O)CC(C)(C)C2)C(c2cccc(OCC(=O)Nc3cc(C)ccc3C)c2)C2=C1CC(C)(C)CC2=O. The number of allylic oxidation sites excluding steroid dienone is 4. The van der Waals surface area contributed by atoms with Crippen LogP contribution in [0, 0.1) is 24.7 Å². The molecule has 5 rings (SSSR count). The van der Waals surface area contributed by atoms with Crippen LogP contribution in [0.25, 0.3) is 0 Å². The molecule has 0 radical (unpaired) electrons. The number of benzene rings is 2. The fourth-order valence-corrected chi connectivity index (χ4v) is 6.86. The molecule has 0 bridgehead atoms. The van der Waals surface area contributed by atoms with E-state index in [4.69, 9.17) is 4.74 Å². The predicted molar refractivity (Wildman–Crippen MR) is 166 cm³/mol. The van der Waals surface area contributed by atoms with Crippen LogP contribution >= 0.6 is 0 Å². The molecule has 0 saturated carbocycles. The third-order valence-electron chi connectivity index (χ3n) is 8.70. The Hall–Kier alpha value is -3.67. The normalized spacial score (nSPS) is 19.9. The van der Waals surface area contributed by atoms with Crippen LogP contribution in [0.3, 0.4) is 0 Å². The van der Waals surface area contributed by atoms with Crippen LogP contribution in [-0.4, -0.2) is 35.5 Å². The van der Waals surface area contributed by atoms with Gasteiger partial charge in [0.2, 0.25) is 0 Å². The number of aryl methyl sites for hydroxylation is 2. The average Bonchev–Trinajstić information content (AvgIpc) is 2.89. The van der Waals surface area contributed by atoms with Gasteiger partial charge in [0, 0.05) is 53.5 Å². The highest BCUT2D eigenvalue weighted by molar-refractivity contribution is 6.06. The first-order valence-corrected chi connectivity index (χ1v) is 15.2. The summed E-state index contributed by atoms with van der Waals surface area (Å²) in [4.78, 5) is 42.9. The van der Waals surface area contributed by atoms with Gasteiger partial charge >= 0.3 is 0 Å². The Morgan fingerprint density at radius 2 is 1.52 bits per heavy atom. The second-order valence-corrected chi connectivity index (χ2v) is 13.9. The van der Waals surface area contributed by atoms with E-state index < -0.39 is 5.92 Å². The number of anilines is 1. The van der Waals surface area contributed by atoms with Crippen molar-refractivity contribution < 1.29 is 19.1 Å². The lowest BCUT2D eigenvalue weighted by atomic mass is 9.63. The fraction of sp³-hybridized carbons (Fsp3) is 0.472. The quantitative estimate of drug-likeness (QED) is 0.376. The Balaban J connectivity index is 1.51. The van der Waals surface area contributed by atoms with Crippen molar-refractivity contribution in [1.82, 2.24) is 4.90 Å². The molecule has 42 heavy (non-hydrogen) atoms. The van der Waals surface area contributed by atoms with Gasteiger partial charge in [0.1, 0.15) is 5.75 Å². The monoisotopic (exact) mass is 568 g/mol. The minimum absolute atomic E-state index is 0.121. The van der Waals surface area contributed by atoms with Crippen molar-refractivity contribution in [2.45, 2.75) is 86.5 Å². The van der Waals surface area contributed by atoms with Crippen molar-refractivity contribution in [3.63, 3.8) is 0 Å². The first-order chi connectivity index (χ1) is 19.8. The molecule has 0 spiro atoms. The lowest BCUT2D eigenvalue weighted by Gasteiger charge is -2.49. The average molecular weight is 569 g/mol. The molecule has 222 valence electrons. The zero-order valence-electron chi connectivity index (χ0n) is 26.1. The summed E-state index contributed by atoms with van der Waals surface area (Å²) in [6, 6.07) is 13.5. The number of rotatable bonds is 7. The summed E-state index contributed by atoms with van der Waals surface area (Å²) in [5, 5.41) is 2.94. The maximum atomic E-state index is 13.9. The number of nitrogens with one attached hydrogen (secondary N) is 1. The van der Waals surface area contributed by atoms with Crippen LogP contribution in [0.1, 0.15) is 89.3 Å². The third-order valence-corrected chi connectivity index (χ3v) is 8.70. The van der Waals surface area contributed by atoms with Crippen LogP contribution in [0.2, 0.25) is 0 Å². The van der Waals surface area contributed by atoms with Crippen molar-refractivity contribution in [3.8, 4) is 5.75 Å². The minimum atomic E-state index is -0.428. The molecule has 0 fully saturated rings. The summed E-state index contributed by atoms with van der Waals surface area (Å²) in [5.41, 5.74) is 7.07. The van der Waals surface area contributed by atoms with E-state index in [0.717, 1.165) is 70.7 Å². The van der Waals surface area contributed by atoms with Crippen molar-refractivity contribution >= 4 is 23.2 Å². The number of ketones is 2. The second-order valence-electron chi connectivity index (χ2n) is 13.9. The molecule has 0 saturated heterocycles. The topological polar surface area (TPSA) is 75.7 Å².